The zero-order valence-electron chi connectivity index (χ0n) is 15.8. The van der Waals surface area contributed by atoms with Gasteiger partial charge in [0.25, 0.3) is 11.6 Å². The molecule has 0 bridgehead atoms. The Morgan fingerprint density at radius 2 is 2.07 bits per heavy atom. The van der Waals surface area contributed by atoms with E-state index in [2.05, 4.69) is 4.99 Å². The SMILES string of the molecule is Cc1ccc([N+](=O)[O-])cc1-c1ccc(C=Nc2sc3c(c2C(N)=O)CCCC3)o1. The summed E-state index contributed by atoms with van der Waals surface area (Å²) in [4.78, 5) is 28.2. The summed E-state index contributed by atoms with van der Waals surface area (Å²) in [6.45, 7) is 1.87. The molecular formula is C21H19N3O4S. The van der Waals surface area contributed by atoms with Gasteiger partial charge in [0.05, 0.1) is 16.7 Å². The summed E-state index contributed by atoms with van der Waals surface area (Å²) in [5.41, 5.74) is 8.69. The first kappa shape index (κ1) is 19.1. The van der Waals surface area contributed by atoms with Crippen molar-refractivity contribution >= 4 is 34.1 Å². The molecule has 1 aliphatic rings. The molecule has 8 heteroatoms. The molecule has 0 atom stereocenters. The van der Waals surface area contributed by atoms with Gasteiger partial charge in [0.15, 0.2) is 0 Å². The fourth-order valence-electron chi connectivity index (χ4n) is 3.57. The summed E-state index contributed by atoms with van der Waals surface area (Å²) in [5.74, 6) is 0.560. The molecule has 0 unspecified atom stereocenters. The van der Waals surface area contributed by atoms with Crippen molar-refractivity contribution in [1.82, 2.24) is 0 Å². The van der Waals surface area contributed by atoms with Gasteiger partial charge in [-0.05, 0) is 55.9 Å². The van der Waals surface area contributed by atoms with E-state index in [-0.39, 0.29) is 5.69 Å². The number of nitrogens with zero attached hydrogens (tertiary/aromatic N) is 2. The van der Waals surface area contributed by atoms with Crippen LogP contribution in [0.1, 0.15) is 45.0 Å². The number of aryl methyl sites for hydroxylation is 2. The van der Waals surface area contributed by atoms with E-state index in [0.717, 1.165) is 36.8 Å². The molecule has 1 aliphatic carbocycles. The van der Waals surface area contributed by atoms with Gasteiger partial charge in [0, 0.05) is 22.6 Å². The van der Waals surface area contributed by atoms with Gasteiger partial charge in [-0.25, -0.2) is 4.99 Å². The molecule has 0 aliphatic heterocycles. The van der Waals surface area contributed by atoms with Crippen molar-refractivity contribution in [2.24, 2.45) is 10.7 Å². The average Bonchev–Trinajstić information content (AvgIpc) is 3.30. The highest BCUT2D eigenvalue weighted by Crippen LogP contribution is 2.39. The lowest BCUT2D eigenvalue weighted by atomic mass is 9.95. The molecule has 3 aromatic rings. The molecule has 2 heterocycles. The van der Waals surface area contributed by atoms with Crippen LogP contribution in [0.5, 0.6) is 0 Å². The molecule has 7 nitrogen and oxygen atoms in total. The molecule has 2 aromatic heterocycles. The summed E-state index contributed by atoms with van der Waals surface area (Å²) in [7, 11) is 0. The number of non-ortho nitro benzene ring substituents is 1. The van der Waals surface area contributed by atoms with Crippen molar-refractivity contribution in [2.45, 2.75) is 32.6 Å². The third-order valence-electron chi connectivity index (χ3n) is 5.03. The van der Waals surface area contributed by atoms with E-state index in [0.29, 0.717) is 27.6 Å². The van der Waals surface area contributed by atoms with Crippen LogP contribution >= 0.6 is 11.3 Å². The number of benzene rings is 1. The maximum absolute atomic E-state index is 12.0. The average molecular weight is 409 g/mol. The topological polar surface area (TPSA) is 112 Å². The minimum absolute atomic E-state index is 0.00693. The fraction of sp³-hybridized carbons (Fsp3) is 0.238. The van der Waals surface area contributed by atoms with E-state index in [4.69, 9.17) is 10.2 Å². The van der Waals surface area contributed by atoms with Gasteiger partial charge in [-0.2, -0.15) is 0 Å². The van der Waals surface area contributed by atoms with Crippen LogP contribution in [-0.2, 0) is 12.8 Å². The number of rotatable bonds is 5. The van der Waals surface area contributed by atoms with E-state index in [9.17, 15) is 14.9 Å². The number of amides is 1. The zero-order valence-corrected chi connectivity index (χ0v) is 16.6. The second-order valence-corrected chi connectivity index (χ2v) is 8.06. The number of hydrogen-bond acceptors (Lipinski definition) is 6. The first-order chi connectivity index (χ1) is 13.9. The number of hydrogen-bond donors (Lipinski definition) is 1. The number of carbonyl (C=O) groups excluding carboxylic acids is 1. The van der Waals surface area contributed by atoms with E-state index >= 15 is 0 Å². The molecule has 1 aromatic carbocycles. The van der Waals surface area contributed by atoms with Crippen LogP contribution in [-0.4, -0.2) is 17.0 Å². The van der Waals surface area contributed by atoms with Crippen LogP contribution in [0.15, 0.2) is 39.7 Å². The van der Waals surface area contributed by atoms with Crippen LogP contribution in [0, 0.1) is 17.0 Å². The van der Waals surface area contributed by atoms with Crippen molar-refractivity contribution in [3.63, 3.8) is 0 Å². The van der Waals surface area contributed by atoms with Crippen molar-refractivity contribution in [3.05, 3.63) is 67.8 Å². The number of aliphatic imine (C=N–C) groups is 1. The van der Waals surface area contributed by atoms with Crippen molar-refractivity contribution in [3.8, 4) is 11.3 Å². The lowest BCUT2D eigenvalue weighted by Crippen LogP contribution is -2.14. The smallest absolute Gasteiger partial charge is 0.270 e. The molecule has 2 N–H and O–H groups in total. The zero-order chi connectivity index (χ0) is 20.5. The van der Waals surface area contributed by atoms with E-state index in [1.165, 1.54) is 28.3 Å². The molecule has 148 valence electrons. The maximum Gasteiger partial charge on any atom is 0.270 e. The predicted molar refractivity (Wildman–Crippen MR) is 112 cm³/mol. The van der Waals surface area contributed by atoms with Gasteiger partial charge in [0.2, 0.25) is 0 Å². The molecular weight excluding hydrogens is 390 g/mol. The molecule has 29 heavy (non-hydrogen) atoms. The van der Waals surface area contributed by atoms with Crippen LogP contribution < -0.4 is 5.73 Å². The number of furan rings is 1. The standard InChI is InChI=1S/C21H19N3O4S/c1-12-6-7-13(24(26)27)10-16(12)17-9-8-14(28-17)11-23-21-19(20(22)25)15-4-2-3-5-18(15)29-21/h6-11H,2-5H2,1H3,(H2,22,25). The number of nitro benzene ring substituents is 1. The Bertz CT molecular complexity index is 1140. The van der Waals surface area contributed by atoms with Gasteiger partial charge in [-0.15, -0.1) is 11.3 Å². The fourth-order valence-corrected chi connectivity index (χ4v) is 4.81. The predicted octanol–water partition coefficient (Wildman–Crippen LogP) is 4.95. The first-order valence-electron chi connectivity index (χ1n) is 9.27. The summed E-state index contributed by atoms with van der Waals surface area (Å²) in [6.07, 6.45) is 5.53. The number of carbonyl (C=O) groups is 1. The molecule has 0 fully saturated rings. The summed E-state index contributed by atoms with van der Waals surface area (Å²) >= 11 is 1.50. The Labute approximate surface area is 171 Å². The number of fused-ring (bicyclic) bond motifs is 1. The number of thiophene rings is 1. The van der Waals surface area contributed by atoms with Crippen LogP contribution in [0.2, 0.25) is 0 Å². The summed E-state index contributed by atoms with van der Waals surface area (Å²) in [6, 6.07) is 8.15. The second-order valence-electron chi connectivity index (χ2n) is 6.97. The third kappa shape index (κ3) is 3.71. The number of nitro groups is 1. The Morgan fingerprint density at radius 1 is 1.28 bits per heavy atom. The molecule has 4 rings (SSSR count). The van der Waals surface area contributed by atoms with Gasteiger partial charge in [-0.3, -0.25) is 14.9 Å². The Morgan fingerprint density at radius 3 is 2.83 bits per heavy atom. The molecule has 0 spiro atoms. The Balaban J connectivity index is 1.65. The van der Waals surface area contributed by atoms with E-state index in [1.807, 2.05) is 6.92 Å². The highest BCUT2D eigenvalue weighted by atomic mass is 32.1. The summed E-state index contributed by atoms with van der Waals surface area (Å²) < 4.78 is 5.83. The molecule has 0 saturated heterocycles. The normalized spacial score (nSPS) is 13.6. The van der Waals surface area contributed by atoms with Crippen molar-refractivity contribution < 1.29 is 14.1 Å². The van der Waals surface area contributed by atoms with Crippen molar-refractivity contribution in [1.29, 1.82) is 0 Å². The quantitative estimate of drug-likeness (QED) is 0.365. The lowest BCUT2D eigenvalue weighted by Gasteiger charge is -2.10. The first-order valence-corrected chi connectivity index (χ1v) is 10.1. The minimum Gasteiger partial charge on any atom is -0.455 e. The highest BCUT2D eigenvalue weighted by Gasteiger charge is 2.23. The van der Waals surface area contributed by atoms with Crippen molar-refractivity contribution in [2.75, 3.05) is 0 Å². The largest absolute Gasteiger partial charge is 0.455 e. The minimum atomic E-state index is -0.455. The molecule has 1 amide bonds. The van der Waals surface area contributed by atoms with Gasteiger partial charge < -0.3 is 10.2 Å². The van der Waals surface area contributed by atoms with Gasteiger partial charge in [0.1, 0.15) is 16.5 Å². The highest BCUT2D eigenvalue weighted by molar-refractivity contribution is 7.16. The maximum atomic E-state index is 12.0. The molecule has 0 radical (unpaired) electrons. The van der Waals surface area contributed by atoms with E-state index in [1.54, 1.807) is 24.4 Å². The van der Waals surface area contributed by atoms with Gasteiger partial charge >= 0.3 is 0 Å². The molecule has 0 saturated carbocycles. The van der Waals surface area contributed by atoms with Gasteiger partial charge in [-0.1, -0.05) is 6.07 Å². The van der Waals surface area contributed by atoms with Crippen LogP contribution in [0.4, 0.5) is 10.7 Å². The third-order valence-corrected chi connectivity index (χ3v) is 6.23. The van der Waals surface area contributed by atoms with E-state index < -0.39 is 10.8 Å². The lowest BCUT2D eigenvalue weighted by molar-refractivity contribution is -0.384. The summed E-state index contributed by atoms with van der Waals surface area (Å²) in [5, 5.41) is 11.7. The monoisotopic (exact) mass is 409 g/mol. The number of primary amides is 1. The Kier molecular flexibility index (Phi) is 5.02. The second kappa shape index (κ2) is 7.63. The van der Waals surface area contributed by atoms with Crippen LogP contribution in [0.3, 0.4) is 0 Å². The number of nitrogens with two attached hydrogens (primary N) is 1. The Hall–Kier alpha value is -3.26. The van der Waals surface area contributed by atoms with Crippen LogP contribution in [0.25, 0.3) is 11.3 Å².